The van der Waals surface area contributed by atoms with E-state index in [0.717, 1.165) is 10.0 Å². The van der Waals surface area contributed by atoms with Crippen molar-refractivity contribution in [1.29, 1.82) is 0 Å². The third-order valence-corrected chi connectivity index (χ3v) is 2.73. The Morgan fingerprint density at radius 1 is 1.25 bits per heavy atom. The highest BCUT2D eigenvalue weighted by Crippen LogP contribution is 2.31. The smallest absolute Gasteiger partial charge is 0.156 e. The molecule has 2 N–H and O–H groups in total. The molecule has 1 heterocycles. The van der Waals surface area contributed by atoms with E-state index in [1.165, 1.54) is 0 Å². The highest BCUT2D eigenvalue weighted by atomic mass is 79.9. The minimum atomic E-state index is 0.459. The number of ether oxygens (including phenoxy) is 1. The molecule has 0 amide bonds. The predicted octanol–water partition coefficient (Wildman–Crippen LogP) is 3.01. The van der Waals surface area contributed by atoms with Crippen LogP contribution in [0, 0.1) is 0 Å². The lowest BCUT2D eigenvalue weighted by Gasteiger charge is -2.10. The van der Waals surface area contributed by atoms with Gasteiger partial charge in [-0.2, -0.15) is 0 Å². The van der Waals surface area contributed by atoms with Crippen LogP contribution in [0.3, 0.4) is 0 Å². The van der Waals surface area contributed by atoms with Crippen LogP contribution in [-0.4, -0.2) is 4.98 Å². The number of nitrogens with two attached hydrogens (primary N) is 1. The van der Waals surface area contributed by atoms with E-state index >= 15 is 0 Å². The highest BCUT2D eigenvalue weighted by Gasteiger charge is 2.05. The van der Waals surface area contributed by atoms with Crippen LogP contribution in [0.25, 0.3) is 0 Å². The summed E-state index contributed by atoms with van der Waals surface area (Å²) in [7, 11) is 0. The molecule has 1 aromatic carbocycles. The molecular weight excluding hydrogens is 268 g/mol. The lowest BCUT2D eigenvalue weighted by molar-refractivity contribution is 0.305. The quantitative estimate of drug-likeness (QED) is 0.878. The monoisotopic (exact) mass is 278 g/mol. The van der Waals surface area contributed by atoms with E-state index in [4.69, 9.17) is 10.5 Å². The summed E-state index contributed by atoms with van der Waals surface area (Å²) in [5.41, 5.74) is 7.45. The van der Waals surface area contributed by atoms with Crippen molar-refractivity contribution < 1.29 is 4.74 Å². The zero-order valence-electron chi connectivity index (χ0n) is 8.56. The fraction of sp³-hybridized carbons (Fsp3) is 0.0833. The van der Waals surface area contributed by atoms with Crippen molar-refractivity contribution in [2.24, 2.45) is 0 Å². The van der Waals surface area contributed by atoms with Gasteiger partial charge < -0.3 is 10.5 Å². The van der Waals surface area contributed by atoms with Gasteiger partial charge in [0, 0.05) is 18.0 Å². The maximum atomic E-state index is 5.81. The molecule has 0 radical (unpaired) electrons. The number of nitrogen functional groups attached to an aromatic ring is 1. The number of hydrogen-bond acceptors (Lipinski definition) is 3. The molecule has 0 aliphatic carbocycles. The summed E-state index contributed by atoms with van der Waals surface area (Å²) < 4.78 is 6.50. The van der Waals surface area contributed by atoms with Crippen LogP contribution < -0.4 is 10.5 Å². The number of halogens is 1. The van der Waals surface area contributed by atoms with E-state index in [0.29, 0.717) is 18.0 Å². The van der Waals surface area contributed by atoms with Gasteiger partial charge in [-0.05, 0) is 34.1 Å². The van der Waals surface area contributed by atoms with Crippen LogP contribution in [0.15, 0.2) is 47.2 Å². The molecule has 0 aliphatic rings. The molecule has 82 valence electrons. The summed E-state index contributed by atoms with van der Waals surface area (Å²) in [6.07, 6.45) is 3.50. The summed E-state index contributed by atoms with van der Waals surface area (Å²) in [5, 5.41) is 0. The van der Waals surface area contributed by atoms with Crippen molar-refractivity contribution in [2.75, 3.05) is 5.73 Å². The van der Waals surface area contributed by atoms with Crippen LogP contribution >= 0.6 is 15.9 Å². The number of pyridine rings is 1. The number of aromatic nitrogens is 1. The molecule has 2 aromatic rings. The molecule has 0 atom stereocenters. The fourth-order valence-electron chi connectivity index (χ4n) is 1.32. The van der Waals surface area contributed by atoms with Gasteiger partial charge in [0.15, 0.2) is 5.75 Å². The second-order valence-corrected chi connectivity index (χ2v) is 4.16. The Balaban J connectivity index is 2.11. The highest BCUT2D eigenvalue weighted by molar-refractivity contribution is 9.10. The number of rotatable bonds is 3. The molecule has 16 heavy (non-hydrogen) atoms. The first-order valence-electron chi connectivity index (χ1n) is 4.83. The number of para-hydroxylation sites is 1. The number of benzene rings is 1. The molecule has 0 unspecified atom stereocenters. The Morgan fingerprint density at radius 2 is 2.12 bits per heavy atom. The second-order valence-electron chi connectivity index (χ2n) is 3.31. The van der Waals surface area contributed by atoms with Crippen molar-refractivity contribution in [2.45, 2.75) is 6.61 Å². The Hall–Kier alpha value is -1.55. The molecule has 0 spiro atoms. The molecule has 0 aliphatic heterocycles. The van der Waals surface area contributed by atoms with E-state index < -0.39 is 0 Å². The summed E-state index contributed by atoms with van der Waals surface area (Å²) in [5.74, 6) is 0.673. The zero-order valence-corrected chi connectivity index (χ0v) is 10.1. The fourth-order valence-corrected chi connectivity index (χ4v) is 1.81. The van der Waals surface area contributed by atoms with Crippen molar-refractivity contribution in [1.82, 2.24) is 4.98 Å². The topological polar surface area (TPSA) is 48.1 Å². The molecule has 0 saturated carbocycles. The van der Waals surface area contributed by atoms with Crippen LogP contribution in [-0.2, 0) is 6.61 Å². The Morgan fingerprint density at radius 3 is 2.81 bits per heavy atom. The Labute approximate surface area is 102 Å². The van der Waals surface area contributed by atoms with E-state index in [1.807, 2.05) is 30.3 Å². The van der Waals surface area contributed by atoms with E-state index in [9.17, 15) is 0 Å². The Bertz CT molecular complexity index is 453. The lowest BCUT2D eigenvalue weighted by Crippen LogP contribution is -1.99. The first kappa shape index (κ1) is 11.0. The lowest BCUT2D eigenvalue weighted by atomic mass is 10.3. The average Bonchev–Trinajstić information content (AvgIpc) is 2.30. The Kier molecular flexibility index (Phi) is 3.41. The summed E-state index contributed by atoms with van der Waals surface area (Å²) in [6, 6.07) is 9.41. The minimum absolute atomic E-state index is 0.459. The van der Waals surface area contributed by atoms with Crippen molar-refractivity contribution >= 4 is 21.6 Å². The third kappa shape index (κ3) is 2.52. The minimum Gasteiger partial charge on any atom is -0.485 e. The van der Waals surface area contributed by atoms with Gasteiger partial charge in [0.1, 0.15) is 6.61 Å². The van der Waals surface area contributed by atoms with Gasteiger partial charge in [-0.25, -0.2) is 0 Å². The molecule has 0 saturated heterocycles. The number of nitrogens with zero attached hydrogens (tertiary/aromatic N) is 1. The molecule has 2 rings (SSSR count). The first-order valence-corrected chi connectivity index (χ1v) is 5.62. The molecule has 0 bridgehead atoms. The normalized spacial score (nSPS) is 10.1. The van der Waals surface area contributed by atoms with Crippen molar-refractivity contribution in [3.63, 3.8) is 0 Å². The van der Waals surface area contributed by atoms with Crippen LogP contribution in [0.5, 0.6) is 5.75 Å². The summed E-state index contributed by atoms with van der Waals surface area (Å²) in [6.45, 7) is 0.459. The van der Waals surface area contributed by atoms with E-state index in [-0.39, 0.29) is 0 Å². The van der Waals surface area contributed by atoms with Gasteiger partial charge in [-0.1, -0.05) is 12.1 Å². The van der Waals surface area contributed by atoms with Crippen molar-refractivity contribution in [3.8, 4) is 5.75 Å². The van der Waals surface area contributed by atoms with Gasteiger partial charge in [0.05, 0.1) is 10.2 Å². The first-order chi connectivity index (χ1) is 7.77. The molecule has 1 aromatic heterocycles. The largest absolute Gasteiger partial charge is 0.485 e. The van der Waals surface area contributed by atoms with Gasteiger partial charge in [-0.15, -0.1) is 0 Å². The maximum Gasteiger partial charge on any atom is 0.156 e. The molecular formula is C12H11BrN2O. The van der Waals surface area contributed by atoms with E-state index in [1.54, 1.807) is 12.4 Å². The number of anilines is 1. The van der Waals surface area contributed by atoms with Gasteiger partial charge >= 0.3 is 0 Å². The van der Waals surface area contributed by atoms with E-state index in [2.05, 4.69) is 20.9 Å². The van der Waals surface area contributed by atoms with Gasteiger partial charge in [0.2, 0.25) is 0 Å². The van der Waals surface area contributed by atoms with Gasteiger partial charge in [-0.3, -0.25) is 4.98 Å². The summed E-state index contributed by atoms with van der Waals surface area (Å²) in [4.78, 5) is 4.02. The SMILES string of the molecule is Nc1cccc(Br)c1OCc1cccnc1. The third-order valence-electron chi connectivity index (χ3n) is 2.10. The molecule has 0 fully saturated rings. The molecule has 4 heteroatoms. The molecule has 3 nitrogen and oxygen atoms in total. The second kappa shape index (κ2) is 4.99. The van der Waals surface area contributed by atoms with Crippen LogP contribution in [0.1, 0.15) is 5.56 Å². The number of hydrogen-bond donors (Lipinski definition) is 1. The van der Waals surface area contributed by atoms with Gasteiger partial charge in [0.25, 0.3) is 0 Å². The maximum absolute atomic E-state index is 5.81. The summed E-state index contributed by atoms with van der Waals surface area (Å²) >= 11 is 3.40. The van der Waals surface area contributed by atoms with Crippen LogP contribution in [0.2, 0.25) is 0 Å². The van der Waals surface area contributed by atoms with Crippen molar-refractivity contribution in [3.05, 3.63) is 52.8 Å². The van der Waals surface area contributed by atoms with Crippen LogP contribution in [0.4, 0.5) is 5.69 Å². The predicted molar refractivity (Wildman–Crippen MR) is 67.1 cm³/mol. The average molecular weight is 279 g/mol. The zero-order chi connectivity index (χ0) is 11.4. The standard InChI is InChI=1S/C12H11BrN2O/c13-10-4-1-5-11(14)12(10)16-8-9-3-2-6-15-7-9/h1-7H,8,14H2.